The molecule has 0 aliphatic carbocycles. The molecule has 0 unspecified atom stereocenters. The molecule has 0 aromatic heterocycles. The standard InChI is InChI=1S/C10H14N2O2/c1-2-8-3-5-9(6-4-8)12-10(13)7-14-11/h3-6H,2,7,11H2,1H3,(H,12,13). The van der Waals surface area contributed by atoms with Crippen LogP contribution in [0.5, 0.6) is 0 Å². The number of carbonyl (C=O) groups is 1. The van der Waals surface area contributed by atoms with Gasteiger partial charge < -0.3 is 5.32 Å². The molecular weight excluding hydrogens is 180 g/mol. The molecule has 4 nitrogen and oxygen atoms in total. The minimum atomic E-state index is -0.253. The fourth-order valence-corrected chi connectivity index (χ4v) is 1.10. The van der Waals surface area contributed by atoms with E-state index in [2.05, 4.69) is 17.1 Å². The highest BCUT2D eigenvalue weighted by Gasteiger charge is 2.00. The molecule has 0 radical (unpaired) electrons. The Labute approximate surface area is 83.0 Å². The van der Waals surface area contributed by atoms with E-state index in [0.717, 1.165) is 12.1 Å². The molecule has 14 heavy (non-hydrogen) atoms. The van der Waals surface area contributed by atoms with Crippen LogP contribution in [0.25, 0.3) is 0 Å². The average molecular weight is 194 g/mol. The van der Waals surface area contributed by atoms with Gasteiger partial charge in [-0.1, -0.05) is 19.1 Å². The van der Waals surface area contributed by atoms with Crippen LogP contribution >= 0.6 is 0 Å². The summed E-state index contributed by atoms with van der Waals surface area (Å²) in [6.45, 7) is 1.95. The fourth-order valence-electron chi connectivity index (χ4n) is 1.10. The zero-order chi connectivity index (χ0) is 10.4. The molecule has 0 aliphatic heterocycles. The predicted molar refractivity (Wildman–Crippen MR) is 54.6 cm³/mol. The van der Waals surface area contributed by atoms with Gasteiger partial charge in [-0.15, -0.1) is 0 Å². The second-order valence-electron chi connectivity index (χ2n) is 2.91. The molecule has 1 aromatic rings. The lowest BCUT2D eigenvalue weighted by atomic mass is 10.1. The molecule has 1 rings (SSSR count). The molecule has 1 amide bonds. The van der Waals surface area contributed by atoms with Crippen molar-refractivity contribution in [1.29, 1.82) is 0 Å². The highest BCUT2D eigenvalue weighted by molar-refractivity contribution is 5.91. The first kappa shape index (κ1) is 10.7. The number of amides is 1. The van der Waals surface area contributed by atoms with Crippen LogP contribution in [0.15, 0.2) is 24.3 Å². The van der Waals surface area contributed by atoms with Gasteiger partial charge in [0.2, 0.25) is 0 Å². The lowest BCUT2D eigenvalue weighted by Gasteiger charge is -2.04. The lowest BCUT2D eigenvalue weighted by Crippen LogP contribution is -2.20. The second kappa shape index (κ2) is 5.36. The summed E-state index contributed by atoms with van der Waals surface area (Å²) in [6.07, 6.45) is 0.986. The molecule has 0 heterocycles. The van der Waals surface area contributed by atoms with Gasteiger partial charge in [0.25, 0.3) is 5.91 Å². The van der Waals surface area contributed by atoms with Crippen molar-refractivity contribution in [3.8, 4) is 0 Å². The van der Waals surface area contributed by atoms with Crippen molar-refractivity contribution in [2.75, 3.05) is 11.9 Å². The molecule has 3 N–H and O–H groups in total. The third-order valence-electron chi connectivity index (χ3n) is 1.86. The topological polar surface area (TPSA) is 64.3 Å². The van der Waals surface area contributed by atoms with Crippen LogP contribution in [0, 0.1) is 0 Å². The van der Waals surface area contributed by atoms with Crippen molar-refractivity contribution in [3.63, 3.8) is 0 Å². The lowest BCUT2D eigenvalue weighted by molar-refractivity contribution is -0.120. The zero-order valence-electron chi connectivity index (χ0n) is 8.12. The van der Waals surface area contributed by atoms with Crippen molar-refractivity contribution in [3.05, 3.63) is 29.8 Å². The van der Waals surface area contributed by atoms with Crippen molar-refractivity contribution in [2.24, 2.45) is 5.90 Å². The van der Waals surface area contributed by atoms with Crippen LogP contribution in [0.3, 0.4) is 0 Å². The zero-order valence-corrected chi connectivity index (χ0v) is 8.12. The first-order valence-electron chi connectivity index (χ1n) is 4.46. The third kappa shape index (κ3) is 3.16. The van der Waals surface area contributed by atoms with Crippen LogP contribution in [0.4, 0.5) is 5.69 Å². The molecule has 0 fully saturated rings. The van der Waals surface area contributed by atoms with E-state index in [1.807, 2.05) is 24.3 Å². The summed E-state index contributed by atoms with van der Waals surface area (Å²) in [4.78, 5) is 15.3. The van der Waals surface area contributed by atoms with E-state index in [1.54, 1.807) is 0 Å². The van der Waals surface area contributed by atoms with E-state index in [1.165, 1.54) is 5.56 Å². The summed E-state index contributed by atoms with van der Waals surface area (Å²) < 4.78 is 0. The van der Waals surface area contributed by atoms with Gasteiger partial charge in [0.05, 0.1) is 0 Å². The minimum Gasteiger partial charge on any atom is -0.324 e. The Kier molecular flexibility index (Phi) is 4.10. The van der Waals surface area contributed by atoms with Gasteiger partial charge in [0, 0.05) is 5.69 Å². The summed E-state index contributed by atoms with van der Waals surface area (Å²) in [5, 5.41) is 2.65. The summed E-state index contributed by atoms with van der Waals surface area (Å²) >= 11 is 0. The number of anilines is 1. The summed E-state index contributed by atoms with van der Waals surface area (Å²) in [6, 6.07) is 7.65. The van der Waals surface area contributed by atoms with Crippen molar-refractivity contribution in [2.45, 2.75) is 13.3 Å². The van der Waals surface area contributed by atoms with Gasteiger partial charge >= 0.3 is 0 Å². The number of hydrogen-bond donors (Lipinski definition) is 2. The second-order valence-corrected chi connectivity index (χ2v) is 2.91. The van der Waals surface area contributed by atoms with Crippen molar-refractivity contribution in [1.82, 2.24) is 0 Å². The maximum Gasteiger partial charge on any atom is 0.252 e. The Morgan fingerprint density at radius 3 is 2.57 bits per heavy atom. The molecule has 0 spiro atoms. The molecule has 1 aromatic carbocycles. The fraction of sp³-hybridized carbons (Fsp3) is 0.300. The summed E-state index contributed by atoms with van der Waals surface area (Å²) in [5.41, 5.74) is 1.99. The maximum atomic E-state index is 11.1. The van der Waals surface area contributed by atoms with Gasteiger partial charge in [0.1, 0.15) is 6.61 Å². The van der Waals surface area contributed by atoms with Crippen LogP contribution in [-0.2, 0) is 16.1 Å². The van der Waals surface area contributed by atoms with Gasteiger partial charge in [-0.25, -0.2) is 5.90 Å². The number of aryl methyl sites for hydroxylation is 1. The normalized spacial score (nSPS) is 9.86. The molecular formula is C10H14N2O2. The molecule has 0 aliphatic rings. The Morgan fingerprint density at radius 1 is 1.43 bits per heavy atom. The van der Waals surface area contributed by atoms with Gasteiger partial charge in [-0.2, -0.15) is 0 Å². The Hall–Kier alpha value is -1.39. The number of rotatable bonds is 4. The minimum absolute atomic E-state index is 0.129. The molecule has 0 atom stereocenters. The quantitative estimate of drug-likeness (QED) is 0.705. The first-order valence-corrected chi connectivity index (χ1v) is 4.46. The van der Waals surface area contributed by atoms with Gasteiger partial charge in [-0.3, -0.25) is 9.63 Å². The molecule has 0 saturated carbocycles. The van der Waals surface area contributed by atoms with E-state index in [9.17, 15) is 4.79 Å². The smallest absolute Gasteiger partial charge is 0.252 e. The predicted octanol–water partition coefficient (Wildman–Crippen LogP) is 1.08. The van der Waals surface area contributed by atoms with Crippen molar-refractivity contribution >= 4 is 11.6 Å². The number of nitrogens with one attached hydrogen (secondary N) is 1. The van der Waals surface area contributed by atoms with Gasteiger partial charge in [0.15, 0.2) is 0 Å². The number of nitrogens with two attached hydrogens (primary N) is 1. The van der Waals surface area contributed by atoms with Crippen LogP contribution in [0.1, 0.15) is 12.5 Å². The van der Waals surface area contributed by atoms with Crippen LogP contribution in [0.2, 0.25) is 0 Å². The number of carbonyl (C=O) groups excluding carboxylic acids is 1. The van der Waals surface area contributed by atoms with E-state index < -0.39 is 0 Å². The highest BCUT2D eigenvalue weighted by atomic mass is 16.6. The number of benzene rings is 1. The molecule has 76 valence electrons. The van der Waals surface area contributed by atoms with Crippen molar-refractivity contribution < 1.29 is 9.63 Å². The summed E-state index contributed by atoms with van der Waals surface area (Å²) in [7, 11) is 0. The van der Waals surface area contributed by atoms with E-state index in [-0.39, 0.29) is 12.5 Å². The monoisotopic (exact) mass is 194 g/mol. The third-order valence-corrected chi connectivity index (χ3v) is 1.86. The average Bonchev–Trinajstić information content (AvgIpc) is 2.19. The molecule has 4 heteroatoms. The summed E-state index contributed by atoms with van der Waals surface area (Å²) in [5.74, 6) is 4.51. The Balaban J connectivity index is 2.55. The highest BCUT2D eigenvalue weighted by Crippen LogP contribution is 2.09. The molecule has 0 bridgehead atoms. The maximum absolute atomic E-state index is 11.1. The van der Waals surface area contributed by atoms with E-state index >= 15 is 0 Å². The van der Waals surface area contributed by atoms with E-state index in [4.69, 9.17) is 5.90 Å². The van der Waals surface area contributed by atoms with Gasteiger partial charge in [-0.05, 0) is 24.1 Å². The van der Waals surface area contributed by atoms with E-state index in [0.29, 0.717) is 0 Å². The SMILES string of the molecule is CCc1ccc(NC(=O)CON)cc1. The first-order chi connectivity index (χ1) is 6.76. The van der Waals surface area contributed by atoms with Crippen LogP contribution < -0.4 is 11.2 Å². The largest absolute Gasteiger partial charge is 0.324 e. The Bertz CT molecular complexity index is 295. The van der Waals surface area contributed by atoms with Crippen LogP contribution in [-0.4, -0.2) is 12.5 Å². The molecule has 0 saturated heterocycles. The number of hydrogen-bond acceptors (Lipinski definition) is 3. The Morgan fingerprint density at radius 2 is 2.07 bits per heavy atom.